The van der Waals surface area contributed by atoms with Crippen LogP contribution in [0.5, 0.6) is 0 Å². The number of hydrogen-bond acceptors (Lipinski definition) is 2. The molecule has 120 valence electrons. The van der Waals surface area contributed by atoms with E-state index in [9.17, 15) is 27.2 Å². The highest BCUT2D eigenvalue weighted by atomic mass is 19.4. The van der Waals surface area contributed by atoms with Crippen LogP contribution in [0.15, 0.2) is 42.5 Å². The molecular formula is C16H11F4NO2. The van der Waals surface area contributed by atoms with Crippen molar-refractivity contribution < 1.29 is 27.2 Å². The second-order valence-corrected chi connectivity index (χ2v) is 4.75. The van der Waals surface area contributed by atoms with Crippen molar-refractivity contribution in [3.63, 3.8) is 0 Å². The molecule has 0 unspecified atom stereocenters. The van der Waals surface area contributed by atoms with E-state index in [1.807, 2.05) is 0 Å². The Morgan fingerprint density at radius 1 is 1.00 bits per heavy atom. The highest BCUT2D eigenvalue weighted by molar-refractivity contribution is 6.00. The number of alkyl halides is 3. The highest BCUT2D eigenvalue weighted by Gasteiger charge is 2.39. The molecule has 3 nitrogen and oxygen atoms in total. The summed E-state index contributed by atoms with van der Waals surface area (Å²) in [6, 6.07) is 9.02. The third kappa shape index (κ3) is 3.74. The number of Topliss-reactive ketones (excluding diaryl/α,β-unsaturated/α-hetero) is 1. The Morgan fingerprint density at radius 2 is 1.65 bits per heavy atom. The average molecular weight is 325 g/mol. The normalized spacial score (nSPS) is 11.2. The summed E-state index contributed by atoms with van der Waals surface area (Å²) < 4.78 is 51.2. The minimum absolute atomic E-state index is 0.0469. The molecule has 2 rings (SSSR count). The van der Waals surface area contributed by atoms with Crippen molar-refractivity contribution in [2.75, 3.05) is 5.32 Å². The molecular weight excluding hydrogens is 314 g/mol. The number of carbonyl (C=O) groups excluding carboxylic acids is 2. The zero-order chi connectivity index (χ0) is 17.2. The van der Waals surface area contributed by atoms with Crippen molar-refractivity contribution in [3.8, 4) is 11.1 Å². The van der Waals surface area contributed by atoms with Crippen LogP contribution in [0.4, 0.5) is 23.2 Å². The summed E-state index contributed by atoms with van der Waals surface area (Å²) in [5, 5.41) is 1.71. The molecule has 0 aliphatic rings. The first kappa shape index (κ1) is 16.7. The molecule has 2 aromatic carbocycles. The number of amides is 1. The summed E-state index contributed by atoms with van der Waals surface area (Å²) >= 11 is 0. The van der Waals surface area contributed by atoms with Gasteiger partial charge in [-0.3, -0.25) is 9.59 Å². The van der Waals surface area contributed by atoms with Gasteiger partial charge in [0.05, 0.1) is 0 Å². The standard InChI is InChI=1S/C16H11F4NO2/c1-9(22)10-6-7-13(17)12(8-10)11-4-2-3-5-14(11)21-15(23)16(18,19)20/h2-8H,1H3,(H,21,23). The fourth-order valence-corrected chi connectivity index (χ4v) is 1.97. The minimum Gasteiger partial charge on any atom is -0.318 e. The molecule has 2 aromatic rings. The van der Waals surface area contributed by atoms with Crippen LogP contribution in [0.25, 0.3) is 11.1 Å². The van der Waals surface area contributed by atoms with Crippen molar-refractivity contribution in [1.82, 2.24) is 0 Å². The number of hydrogen-bond donors (Lipinski definition) is 1. The molecule has 0 spiro atoms. The average Bonchev–Trinajstić information content (AvgIpc) is 2.47. The molecule has 0 aliphatic heterocycles. The van der Waals surface area contributed by atoms with Gasteiger partial charge in [-0.2, -0.15) is 13.2 Å². The van der Waals surface area contributed by atoms with E-state index in [0.717, 1.165) is 6.07 Å². The van der Waals surface area contributed by atoms with E-state index in [0.29, 0.717) is 0 Å². The summed E-state index contributed by atoms with van der Waals surface area (Å²) in [4.78, 5) is 22.5. The molecule has 0 bridgehead atoms. The van der Waals surface area contributed by atoms with Crippen LogP contribution in [-0.2, 0) is 4.79 Å². The molecule has 0 saturated carbocycles. The summed E-state index contributed by atoms with van der Waals surface area (Å²) in [6.07, 6.45) is -5.06. The number of benzene rings is 2. The second-order valence-electron chi connectivity index (χ2n) is 4.75. The van der Waals surface area contributed by atoms with E-state index in [1.165, 1.54) is 43.3 Å². The number of anilines is 1. The number of nitrogens with one attached hydrogen (secondary N) is 1. The predicted octanol–water partition coefficient (Wildman–Crippen LogP) is 4.20. The van der Waals surface area contributed by atoms with Crippen LogP contribution in [0.3, 0.4) is 0 Å². The quantitative estimate of drug-likeness (QED) is 0.679. The summed E-state index contributed by atoms with van der Waals surface area (Å²) in [6.45, 7) is 1.29. The van der Waals surface area contributed by atoms with E-state index in [1.54, 1.807) is 5.32 Å². The topological polar surface area (TPSA) is 46.2 Å². The second kappa shape index (κ2) is 6.20. The Bertz CT molecular complexity index is 769. The van der Waals surface area contributed by atoms with Crippen molar-refractivity contribution in [2.45, 2.75) is 13.1 Å². The van der Waals surface area contributed by atoms with Crippen LogP contribution in [0, 0.1) is 5.82 Å². The highest BCUT2D eigenvalue weighted by Crippen LogP contribution is 2.32. The predicted molar refractivity (Wildman–Crippen MR) is 76.5 cm³/mol. The number of rotatable bonds is 3. The molecule has 1 N–H and O–H groups in total. The maximum atomic E-state index is 14.0. The monoisotopic (exact) mass is 325 g/mol. The van der Waals surface area contributed by atoms with Crippen LogP contribution < -0.4 is 5.32 Å². The van der Waals surface area contributed by atoms with Crippen molar-refractivity contribution >= 4 is 17.4 Å². The van der Waals surface area contributed by atoms with Gasteiger partial charge in [0, 0.05) is 22.4 Å². The Morgan fingerprint density at radius 3 is 2.26 bits per heavy atom. The lowest BCUT2D eigenvalue weighted by Crippen LogP contribution is -2.30. The van der Waals surface area contributed by atoms with Gasteiger partial charge in [0.25, 0.3) is 0 Å². The van der Waals surface area contributed by atoms with E-state index in [2.05, 4.69) is 0 Å². The summed E-state index contributed by atoms with van der Waals surface area (Å²) in [5.41, 5.74) is -0.0192. The number of para-hydroxylation sites is 1. The van der Waals surface area contributed by atoms with Crippen LogP contribution in [-0.4, -0.2) is 17.9 Å². The Kier molecular flexibility index (Phi) is 4.49. The zero-order valence-electron chi connectivity index (χ0n) is 11.9. The van der Waals surface area contributed by atoms with Gasteiger partial charge in [-0.1, -0.05) is 18.2 Å². The zero-order valence-corrected chi connectivity index (χ0v) is 11.9. The first-order valence-corrected chi connectivity index (χ1v) is 6.48. The van der Waals surface area contributed by atoms with E-state index in [-0.39, 0.29) is 28.2 Å². The van der Waals surface area contributed by atoms with Gasteiger partial charge in [0.2, 0.25) is 0 Å². The first-order valence-electron chi connectivity index (χ1n) is 6.48. The Labute approximate surface area is 128 Å². The third-order valence-corrected chi connectivity index (χ3v) is 3.10. The van der Waals surface area contributed by atoms with E-state index in [4.69, 9.17) is 0 Å². The van der Waals surface area contributed by atoms with Crippen LogP contribution in [0.2, 0.25) is 0 Å². The van der Waals surface area contributed by atoms with Crippen molar-refractivity contribution in [2.24, 2.45) is 0 Å². The molecule has 0 heterocycles. The first-order chi connectivity index (χ1) is 10.7. The summed E-state index contributed by atoms with van der Waals surface area (Å²) in [7, 11) is 0. The molecule has 1 amide bonds. The van der Waals surface area contributed by atoms with Gasteiger partial charge in [-0.25, -0.2) is 4.39 Å². The third-order valence-electron chi connectivity index (χ3n) is 3.10. The van der Waals surface area contributed by atoms with Gasteiger partial charge in [0.15, 0.2) is 5.78 Å². The molecule has 7 heteroatoms. The number of halogens is 4. The van der Waals surface area contributed by atoms with Crippen molar-refractivity contribution in [1.29, 1.82) is 0 Å². The smallest absolute Gasteiger partial charge is 0.318 e. The number of carbonyl (C=O) groups is 2. The Hall–Kier alpha value is -2.70. The fraction of sp³-hybridized carbons (Fsp3) is 0.125. The molecule has 0 atom stereocenters. The lowest BCUT2D eigenvalue weighted by atomic mass is 9.99. The summed E-state index contributed by atoms with van der Waals surface area (Å²) in [5.74, 6) is -3.19. The molecule has 23 heavy (non-hydrogen) atoms. The minimum atomic E-state index is -5.06. The fourth-order valence-electron chi connectivity index (χ4n) is 1.97. The molecule has 0 saturated heterocycles. The largest absolute Gasteiger partial charge is 0.471 e. The Balaban J connectivity index is 2.51. The van der Waals surface area contributed by atoms with Gasteiger partial charge >= 0.3 is 12.1 Å². The maximum Gasteiger partial charge on any atom is 0.471 e. The molecule has 0 aromatic heterocycles. The molecule has 0 aliphatic carbocycles. The van der Waals surface area contributed by atoms with Gasteiger partial charge in [-0.15, -0.1) is 0 Å². The van der Waals surface area contributed by atoms with Gasteiger partial charge in [0.1, 0.15) is 5.82 Å². The maximum absolute atomic E-state index is 14.0. The van der Waals surface area contributed by atoms with E-state index >= 15 is 0 Å². The molecule has 0 radical (unpaired) electrons. The van der Waals surface area contributed by atoms with Gasteiger partial charge < -0.3 is 5.32 Å². The van der Waals surface area contributed by atoms with E-state index < -0.39 is 17.9 Å². The SMILES string of the molecule is CC(=O)c1ccc(F)c(-c2ccccc2NC(=O)C(F)(F)F)c1. The van der Waals surface area contributed by atoms with Crippen LogP contribution >= 0.6 is 0 Å². The van der Waals surface area contributed by atoms with Crippen LogP contribution in [0.1, 0.15) is 17.3 Å². The number of ketones is 1. The van der Waals surface area contributed by atoms with Gasteiger partial charge in [-0.05, 0) is 31.2 Å². The lowest BCUT2D eigenvalue weighted by Gasteiger charge is -2.13. The van der Waals surface area contributed by atoms with Crippen molar-refractivity contribution in [3.05, 3.63) is 53.8 Å². The molecule has 0 fully saturated rings. The lowest BCUT2D eigenvalue weighted by molar-refractivity contribution is -0.167.